The highest BCUT2D eigenvalue weighted by atomic mass is 35.5. The Bertz CT molecular complexity index is 113. The Hall–Kier alpha value is 0.210. The summed E-state index contributed by atoms with van der Waals surface area (Å²) < 4.78 is 0. The topological polar surface area (TPSA) is 32.3 Å². The van der Waals surface area contributed by atoms with E-state index in [1.165, 1.54) is 0 Å². The lowest BCUT2D eigenvalue weighted by Crippen LogP contribution is -2.31. The molecule has 1 aliphatic carbocycles. The predicted octanol–water partition coefficient (Wildman–Crippen LogP) is 1.67. The van der Waals surface area contributed by atoms with Crippen LogP contribution in [0.25, 0.3) is 0 Å². The molecule has 0 spiro atoms. The second-order valence-corrected chi connectivity index (χ2v) is 3.68. The highest BCUT2D eigenvalue weighted by molar-refractivity contribution is 6.13. The first kappa shape index (κ1) is 9.30. The second-order valence-electron chi connectivity index (χ2n) is 3.47. The molecular weight excluding hydrogens is 162 g/mol. The van der Waals surface area contributed by atoms with Crippen molar-refractivity contribution >= 4 is 11.8 Å². The number of nitrogens with one attached hydrogen (secondary N) is 1. The molecule has 2 nitrogen and oxygen atoms in total. The lowest BCUT2D eigenvalue weighted by atomic mass is 9.83. The summed E-state index contributed by atoms with van der Waals surface area (Å²) in [5.74, 6) is 0.649. The van der Waals surface area contributed by atoms with Gasteiger partial charge in [-0.15, -0.1) is 0 Å². The fraction of sp³-hybridized carbons (Fsp3) is 1.00. The highest BCUT2D eigenvalue weighted by Crippen LogP contribution is 2.26. The van der Waals surface area contributed by atoms with Crippen molar-refractivity contribution in [3.05, 3.63) is 0 Å². The number of halogens is 1. The molecule has 0 aromatic carbocycles. The first-order chi connectivity index (χ1) is 5.24. The zero-order valence-corrected chi connectivity index (χ0v) is 7.64. The van der Waals surface area contributed by atoms with Crippen molar-refractivity contribution in [2.75, 3.05) is 0 Å². The minimum Gasteiger partial charge on any atom is -0.393 e. The predicted molar refractivity (Wildman–Crippen MR) is 46.4 cm³/mol. The summed E-state index contributed by atoms with van der Waals surface area (Å²) in [6, 6.07) is 0.379. The quantitative estimate of drug-likeness (QED) is 0.629. The summed E-state index contributed by atoms with van der Waals surface area (Å²) >= 11 is 5.51. The fourth-order valence-electron chi connectivity index (χ4n) is 1.69. The van der Waals surface area contributed by atoms with Crippen LogP contribution in [0, 0.1) is 5.92 Å². The Morgan fingerprint density at radius 1 is 1.36 bits per heavy atom. The summed E-state index contributed by atoms with van der Waals surface area (Å²) in [6.45, 7) is 2.09. The van der Waals surface area contributed by atoms with Crippen LogP contribution in [-0.4, -0.2) is 17.3 Å². The molecule has 1 atom stereocenters. The van der Waals surface area contributed by atoms with Crippen molar-refractivity contribution in [1.82, 2.24) is 4.84 Å². The Kier molecular flexibility index (Phi) is 3.63. The summed E-state index contributed by atoms with van der Waals surface area (Å²) in [6.07, 6.45) is 4.01. The molecule has 1 fully saturated rings. The van der Waals surface area contributed by atoms with E-state index in [4.69, 9.17) is 11.8 Å². The first-order valence-corrected chi connectivity index (χ1v) is 4.66. The van der Waals surface area contributed by atoms with Crippen LogP contribution < -0.4 is 4.84 Å². The number of hydrogen-bond acceptors (Lipinski definition) is 2. The Labute approximate surface area is 73.0 Å². The van der Waals surface area contributed by atoms with Crippen molar-refractivity contribution < 1.29 is 5.11 Å². The van der Waals surface area contributed by atoms with Crippen LogP contribution in [0.15, 0.2) is 0 Å². The molecule has 0 aliphatic heterocycles. The monoisotopic (exact) mass is 177 g/mol. The normalized spacial score (nSPS) is 35.2. The largest absolute Gasteiger partial charge is 0.393 e. The molecule has 1 rings (SSSR count). The molecule has 0 bridgehead atoms. The van der Waals surface area contributed by atoms with Crippen molar-refractivity contribution in [2.45, 2.75) is 44.8 Å². The molecule has 0 heterocycles. The van der Waals surface area contributed by atoms with E-state index >= 15 is 0 Å². The average Bonchev–Trinajstić information content (AvgIpc) is 2.05. The van der Waals surface area contributed by atoms with Gasteiger partial charge in [-0.25, -0.2) is 4.84 Å². The molecule has 0 aromatic rings. The number of hydrogen-bond donors (Lipinski definition) is 2. The van der Waals surface area contributed by atoms with Gasteiger partial charge in [0.2, 0.25) is 0 Å². The van der Waals surface area contributed by atoms with E-state index < -0.39 is 0 Å². The molecule has 11 heavy (non-hydrogen) atoms. The SMILES string of the molecule is C[C@@H](NCl)C1CCC(O)CC1. The molecule has 3 heteroatoms. The molecular formula is C8H16ClNO. The Balaban J connectivity index is 2.27. The smallest absolute Gasteiger partial charge is 0.0540 e. The van der Waals surface area contributed by atoms with E-state index in [0.29, 0.717) is 12.0 Å². The van der Waals surface area contributed by atoms with E-state index in [2.05, 4.69) is 11.8 Å². The standard InChI is InChI=1S/C8H16ClNO/c1-6(10-9)7-2-4-8(11)5-3-7/h6-8,10-11H,2-5H2,1H3/t6-,7?,8?/m1/s1. The maximum Gasteiger partial charge on any atom is 0.0540 e. The van der Waals surface area contributed by atoms with Gasteiger partial charge in [-0.3, -0.25) is 0 Å². The van der Waals surface area contributed by atoms with E-state index in [1.807, 2.05) is 0 Å². The van der Waals surface area contributed by atoms with Crippen LogP contribution in [0.2, 0.25) is 0 Å². The number of rotatable bonds is 2. The second kappa shape index (κ2) is 4.29. The third kappa shape index (κ3) is 2.62. The summed E-state index contributed by atoms with van der Waals surface area (Å²) in [7, 11) is 0. The van der Waals surface area contributed by atoms with Crippen molar-refractivity contribution in [2.24, 2.45) is 5.92 Å². The van der Waals surface area contributed by atoms with Gasteiger partial charge in [0.15, 0.2) is 0 Å². The highest BCUT2D eigenvalue weighted by Gasteiger charge is 2.23. The minimum absolute atomic E-state index is 0.0613. The molecule has 1 saturated carbocycles. The van der Waals surface area contributed by atoms with Gasteiger partial charge in [0.1, 0.15) is 0 Å². The third-order valence-electron chi connectivity index (χ3n) is 2.62. The van der Waals surface area contributed by atoms with Gasteiger partial charge in [0, 0.05) is 6.04 Å². The van der Waals surface area contributed by atoms with E-state index in [0.717, 1.165) is 25.7 Å². The Morgan fingerprint density at radius 3 is 2.36 bits per heavy atom. The summed E-state index contributed by atoms with van der Waals surface area (Å²) in [4.78, 5) is 2.74. The fourth-order valence-corrected chi connectivity index (χ4v) is 1.87. The molecule has 0 amide bonds. The summed E-state index contributed by atoms with van der Waals surface area (Å²) in [5, 5.41) is 9.23. The van der Waals surface area contributed by atoms with E-state index in [9.17, 15) is 5.11 Å². The van der Waals surface area contributed by atoms with E-state index in [1.54, 1.807) is 0 Å². The number of aliphatic hydroxyl groups excluding tert-OH is 1. The lowest BCUT2D eigenvalue weighted by molar-refractivity contribution is 0.102. The molecule has 1 aliphatic rings. The molecule has 0 unspecified atom stereocenters. The van der Waals surface area contributed by atoms with Crippen LogP contribution in [-0.2, 0) is 0 Å². The molecule has 0 radical (unpaired) electrons. The van der Waals surface area contributed by atoms with Crippen molar-refractivity contribution in [3.63, 3.8) is 0 Å². The van der Waals surface area contributed by atoms with Crippen molar-refractivity contribution in [3.8, 4) is 0 Å². The van der Waals surface area contributed by atoms with Crippen LogP contribution in [0.3, 0.4) is 0 Å². The third-order valence-corrected chi connectivity index (χ3v) is 2.96. The molecule has 0 aromatic heterocycles. The van der Waals surface area contributed by atoms with Gasteiger partial charge in [-0.1, -0.05) is 0 Å². The molecule has 0 saturated heterocycles. The zero-order valence-electron chi connectivity index (χ0n) is 6.89. The van der Waals surface area contributed by atoms with Crippen LogP contribution in [0.1, 0.15) is 32.6 Å². The van der Waals surface area contributed by atoms with Crippen LogP contribution >= 0.6 is 11.8 Å². The molecule has 2 N–H and O–H groups in total. The van der Waals surface area contributed by atoms with Crippen LogP contribution in [0.5, 0.6) is 0 Å². The maximum atomic E-state index is 9.23. The van der Waals surface area contributed by atoms with Gasteiger partial charge < -0.3 is 5.11 Å². The molecule has 66 valence electrons. The Morgan fingerprint density at radius 2 is 1.91 bits per heavy atom. The zero-order chi connectivity index (χ0) is 8.27. The first-order valence-electron chi connectivity index (χ1n) is 4.28. The van der Waals surface area contributed by atoms with E-state index in [-0.39, 0.29) is 6.10 Å². The van der Waals surface area contributed by atoms with Gasteiger partial charge in [-0.05, 0) is 50.3 Å². The van der Waals surface area contributed by atoms with Gasteiger partial charge in [0.25, 0.3) is 0 Å². The van der Waals surface area contributed by atoms with Crippen LogP contribution in [0.4, 0.5) is 0 Å². The lowest BCUT2D eigenvalue weighted by Gasteiger charge is -2.28. The van der Waals surface area contributed by atoms with Crippen molar-refractivity contribution in [1.29, 1.82) is 0 Å². The van der Waals surface area contributed by atoms with Gasteiger partial charge >= 0.3 is 0 Å². The maximum absolute atomic E-state index is 9.23. The van der Waals surface area contributed by atoms with Gasteiger partial charge in [0.05, 0.1) is 6.10 Å². The summed E-state index contributed by atoms with van der Waals surface area (Å²) in [5.41, 5.74) is 0. The minimum atomic E-state index is -0.0613. The number of aliphatic hydroxyl groups is 1. The average molecular weight is 178 g/mol. The van der Waals surface area contributed by atoms with Gasteiger partial charge in [-0.2, -0.15) is 0 Å².